The molecule has 0 saturated carbocycles. The summed E-state index contributed by atoms with van der Waals surface area (Å²) in [5, 5.41) is 3.08. The van der Waals surface area contributed by atoms with Gasteiger partial charge in [-0.25, -0.2) is 4.98 Å². The Bertz CT molecular complexity index is 983. The molecule has 0 unspecified atom stereocenters. The van der Waals surface area contributed by atoms with Gasteiger partial charge in [0.05, 0.1) is 37.6 Å². The average Bonchev–Trinajstić information content (AvgIpc) is 2.76. The molecule has 1 aromatic carbocycles. The zero-order valence-electron chi connectivity index (χ0n) is 16.0. The lowest BCUT2D eigenvalue weighted by atomic mass is 10.1. The van der Waals surface area contributed by atoms with E-state index in [2.05, 4.69) is 15.3 Å². The van der Waals surface area contributed by atoms with Crippen LogP contribution in [0.25, 0.3) is 11.3 Å². The van der Waals surface area contributed by atoms with E-state index in [1.54, 1.807) is 24.3 Å². The number of carbonyl (C=O) groups excluding carboxylic acids is 1. The number of nitrogens with one attached hydrogen (secondary N) is 1. The Hall–Kier alpha value is -3.32. The molecular formula is C21H20ClN3O4. The van der Waals surface area contributed by atoms with E-state index in [0.29, 0.717) is 35.9 Å². The zero-order chi connectivity index (χ0) is 20.6. The summed E-state index contributed by atoms with van der Waals surface area (Å²) < 4.78 is 16.1. The Kier molecular flexibility index (Phi) is 6.86. The molecule has 0 fully saturated rings. The molecule has 0 aliphatic rings. The number of nitrogens with zero attached hydrogens (tertiary/aromatic N) is 2. The Balaban J connectivity index is 1.77. The molecule has 150 valence electrons. The molecule has 0 spiro atoms. The molecule has 0 saturated heterocycles. The highest BCUT2D eigenvalue weighted by atomic mass is 35.5. The van der Waals surface area contributed by atoms with Crippen molar-refractivity contribution >= 4 is 17.5 Å². The molecule has 0 radical (unpaired) electrons. The number of amides is 1. The second kappa shape index (κ2) is 9.75. The number of aromatic nitrogens is 2. The van der Waals surface area contributed by atoms with Gasteiger partial charge in [-0.15, -0.1) is 0 Å². The van der Waals surface area contributed by atoms with E-state index in [9.17, 15) is 4.79 Å². The lowest BCUT2D eigenvalue weighted by Gasteiger charge is -2.13. The van der Waals surface area contributed by atoms with Crippen LogP contribution in [0.1, 0.15) is 10.4 Å². The molecule has 0 bridgehead atoms. The maximum Gasteiger partial charge on any atom is 0.253 e. The molecule has 0 aliphatic heterocycles. The lowest BCUT2D eigenvalue weighted by Crippen LogP contribution is -2.28. The molecular weight excluding hydrogens is 394 g/mol. The first kappa shape index (κ1) is 20.4. The molecule has 2 heterocycles. The van der Waals surface area contributed by atoms with Crippen LogP contribution in [0.5, 0.6) is 17.5 Å². The van der Waals surface area contributed by atoms with Crippen LogP contribution in [0.15, 0.2) is 54.6 Å². The Morgan fingerprint density at radius 1 is 1.00 bits per heavy atom. The quantitative estimate of drug-likeness (QED) is 0.448. The van der Waals surface area contributed by atoms with Gasteiger partial charge in [0.2, 0.25) is 11.8 Å². The van der Waals surface area contributed by atoms with Crippen molar-refractivity contribution in [1.29, 1.82) is 0 Å². The third kappa shape index (κ3) is 5.14. The van der Waals surface area contributed by atoms with Crippen molar-refractivity contribution in [1.82, 2.24) is 15.3 Å². The predicted molar refractivity (Wildman–Crippen MR) is 110 cm³/mol. The van der Waals surface area contributed by atoms with Crippen LogP contribution in [-0.2, 0) is 0 Å². The van der Waals surface area contributed by atoms with Crippen molar-refractivity contribution in [2.45, 2.75) is 0 Å². The van der Waals surface area contributed by atoms with Gasteiger partial charge in [0.25, 0.3) is 5.91 Å². The van der Waals surface area contributed by atoms with Gasteiger partial charge < -0.3 is 19.5 Å². The molecule has 0 atom stereocenters. The SMILES string of the molecule is COc1ccc(-c2nc(Cl)ccc2C(=O)NCCOc2ccccc2)c(OC)n1. The summed E-state index contributed by atoms with van der Waals surface area (Å²) in [5.74, 6) is 1.10. The van der Waals surface area contributed by atoms with E-state index in [0.717, 1.165) is 5.75 Å². The second-order valence-corrected chi connectivity index (χ2v) is 6.25. The number of methoxy groups -OCH3 is 2. The summed E-state index contributed by atoms with van der Waals surface area (Å²) in [7, 11) is 2.99. The first-order valence-corrected chi connectivity index (χ1v) is 9.22. The summed E-state index contributed by atoms with van der Waals surface area (Å²) in [6.07, 6.45) is 0. The van der Waals surface area contributed by atoms with Crippen molar-refractivity contribution < 1.29 is 19.0 Å². The van der Waals surface area contributed by atoms with E-state index < -0.39 is 0 Å². The Morgan fingerprint density at radius 2 is 1.79 bits per heavy atom. The second-order valence-electron chi connectivity index (χ2n) is 5.86. The molecule has 2 aromatic heterocycles. The van der Waals surface area contributed by atoms with E-state index in [-0.39, 0.29) is 16.9 Å². The number of halogens is 1. The summed E-state index contributed by atoms with van der Waals surface area (Å²) in [4.78, 5) is 21.3. The van der Waals surface area contributed by atoms with E-state index >= 15 is 0 Å². The lowest BCUT2D eigenvalue weighted by molar-refractivity contribution is 0.0947. The van der Waals surface area contributed by atoms with Crippen molar-refractivity contribution in [3.8, 4) is 28.8 Å². The van der Waals surface area contributed by atoms with Gasteiger partial charge in [-0.05, 0) is 30.3 Å². The van der Waals surface area contributed by atoms with Crippen LogP contribution >= 0.6 is 11.6 Å². The largest absolute Gasteiger partial charge is 0.492 e. The summed E-state index contributed by atoms with van der Waals surface area (Å²) in [5.41, 5.74) is 1.24. The van der Waals surface area contributed by atoms with E-state index in [1.807, 2.05) is 30.3 Å². The average molecular weight is 414 g/mol. The monoisotopic (exact) mass is 413 g/mol. The fourth-order valence-corrected chi connectivity index (χ4v) is 2.79. The van der Waals surface area contributed by atoms with E-state index in [1.165, 1.54) is 14.2 Å². The minimum atomic E-state index is -0.307. The Labute approximate surface area is 173 Å². The molecule has 0 aliphatic carbocycles. The maximum absolute atomic E-state index is 12.7. The van der Waals surface area contributed by atoms with Crippen molar-refractivity contribution in [3.63, 3.8) is 0 Å². The first-order chi connectivity index (χ1) is 14.1. The van der Waals surface area contributed by atoms with E-state index in [4.69, 9.17) is 25.8 Å². The predicted octanol–water partition coefficient (Wildman–Crippen LogP) is 3.62. The van der Waals surface area contributed by atoms with Crippen LogP contribution in [0, 0.1) is 0 Å². The highest BCUT2D eigenvalue weighted by molar-refractivity contribution is 6.29. The van der Waals surface area contributed by atoms with Gasteiger partial charge in [0.1, 0.15) is 17.5 Å². The number of pyridine rings is 2. The van der Waals surface area contributed by atoms with Gasteiger partial charge >= 0.3 is 0 Å². The van der Waals surface area contributed by atoms with Crippen molar-refractivity contribution in [3.05, 3.63) is 65.3 Å². The molecule has 1 amide bonds. The van der Waals surface area contributed by atoms with Crippen LogP contribution in [0.2, 0.25) is 5.15 Å². The van der Waals surface area contributed by atoms with Crippen LogP contribution in [0.3, 0.4) is 0 Å². The fourth-order valence-electron chi connectivity index (χ4n) is 2.64. The summed E-state index contributed by atoms with van der Waals surface area (Å²) >= 11 is 6.07. The number of para-hydroxylation sites is 1. The van der Waals surface area contributed by atoms with Crippen molar-refractivity contribution in [2.75, 3.05) is 27.4 Å². The smallest absolute Gasteiger partial charge is 0.253 e. The van der Waals surface area contributed by atoms with Crippen LogP contribution < -0.4 is 19.5 Å². The fraction of sp³-hybridized carbons (Fsp3) is 0.190. The zero-order valence-corrected chi connectivity index (χ0v) is 16.8. The molecule has 7 nitrogen and oxygen atoms in total. The number of benzene rings is 1. The highest BCUT2D eigenvalue weighted by Crippen LogP contribution is 2.32. The molecule has 8 heteroatoms. The standard InChI is InChI=1S/C21H20ClN3O4/c1-27-18-11-9-16(21(25-18)28-2)19-15(8-10-17(22)24-19)20(26)23-12-13-29-14-6-4-3-5-7-14/h3-11H,12-13H2,1-2H3,(H,23,26). The maximum atomic E-state index is 12.7. The van der Waals surface area contributed by atoms with Gasteiger partial charge in [-0.1, -0.05) is 29.8 Å². The number of rotatable bonds is 8. The normalized spacial score (nSPS) is 10.3. The van der Waals surface area contributed by atoms with Gasteiger partial charge in [0.15, 0.2) is 0 Å². The topological polar surface area (TPSA) is 82.6 Å². The third-order valence-corrected chi connectivity index (χ3v) is 4.21. The highest BCUT2D eigenvalue weighted by Gasteiger charge is 2.19. The van der Waals surface area contributed by atoms with Gasteiger partial charge in [-0.3, -0.25) is 4.79 Å². The van der Waals surface area contributed by atoms with Gasteiger partial charge in [0, 0.05) is 6.07 Å². The number of hydrogen-bond acceptors (Lipinski definition) is 6. The van der Waals surface area contributed by atoms with Gasteiger partial charge in [-0.2, -0.15) is 4.98 Å². The summed E-state index contributed by atoms with van der Waals surface area (Å²) in [6, 6.07) is 15.9. The number of hydrogen-bond donors (Lipinski definition) is 1. The summed E-state index contributed by atoms with van der Waals surface area (Å²) in [6.45, 7) is 0.660. The number of ether oxygens (including phenoxy) is 3. The van der Waals surface area contributed by atoms with Crippen LogP contribution in [-0.4, -0.2) is 43.2 Å². The molecule has 1 N–H and O–H groups in total. The minimum Gasteiger partial charge on any atom is -0.492 e. The number of carbonyl (C=O) groups is 1. The molecule has 29 heavy (non-hydrogen) atoms. The molecule has 3 rings (SSSR count). The Morgan fingerprint density at radius 3 is 2.52 bits per heavy atom. The first-order valence-electron chi connectivity index (χ1n) is 8.84. The van der Waals surface area contributed by atoms with Crippen molar-refractivity contribution in [2.24, 2.45) is 0 Å². The minimum absolute atomic E-state index is 0.252. The van der Waals surface area contributed by atoms with Crippen LogP contribution in [0.4, 0.5) is 0 Å². The molecule has 3 aromatic rings. The third-order valence-electron chi connectivity index (χ3n) is 4.00.